The third-order valence-electron chi connectivity index (χ3n) is 3.33. The van der Waals surface area contributed by atoms with Crippen LogP contribution >= 0.6 is 15.9 Å². The van der Waals surface area contributed by atoms with E-state index >= 15 is 0 Å². The summed E-state index contributed by atoms with van der Waals surface area (Å²) in [5.74, 6) is -0.626. The number of ether oxygens (including phenoxy) is 1. The first kappa shape index (κ1) is 15.6. The van der Waals surface area contributed by atoms with Crippen LogP contribution in [0, 0.1) is 6.92 Å². The Labute approximate surface area is 132 Å². The standard InChI is InChI=1S/C17H17BrO3/c1-12-5-2-3-8-15(12)16(17(19)20)9-10-21-14-7-4-6-13(18)11-14/h2-8,11,16H,9-10H2,1H3,(H,19,20). The molecule has 1 unspecified atom stereocenters. The topological polar surface area (TPSA) is 46.5 Å². The van der Waals surface area contributed by atoms with Crippen LogP contribution < -0.4 is 4.74 Å². The van der Waals surface area contributed by atoms with Crippen molar-refractivity contribution in [3.63, 3.8) is 0 Å². The summed E-state index contributed by atoms with van der Waals surface area (Å²) < 4.78 is 6.57. The average Bonchev–Trinajstić information content (AvgIpc) is 2.44. The zero-order valence-electron chi connectivity index (χ0n) is 11.8. The van der Waals surface area contributed by atoms with E-state index in [1.54, 1.807) is 0 Å². The van der Waals surface area contributed by atoms with Gasteiger partial charge in [0.05, 0.1) is 12.5 Å². The molecule has 0 bridgehead atoms. The van der Waals surface area contributed by atoms with Crippen molar-refractivity contribution in [3.8, 4) is 5.75 Å². The molecular weight excluding hydrogens is 332 g/mol. The van der Waals surface area contributed by atoms with E-state index in [0.717, 1.165) is 21.3 Å². The summed E-state index contributed by atoms with van der Waals surface area (Å²) >= 11 is 3.38. The Kier molecular flexibility index (Phi) is 5.39. The van der Waals surface area contributed by atoms with E-state index in [2.05, 4.69) is 15.9 Å². The molecule has 0 radical (unpaired) electrons. The lowest BCUT2D eigenvalue weighted by molar-refractivity contribution is -0.139. The maximum atomic E-state index is 11.5. The molecule has 0 heterocycles. The van der Waals surface area contributed by atoms with Gasteiger partial charge in [-0.1, -0.05) is 46.3 Å². The van der Waals surface area contributed by atoms with Gasteiger partial charge in [-0.25, -0.2) is 0 Å². The molecule has 4 heteroatoms. The van der Waals surface area contributed by atoms with Gasteiger partial charge in [-0.3, -0.25) is 4.79 Å². The molecule has 0 fully saturated rings. The van der Waals surface area contributed by atoms with Crippen molar-refractivity contribution in [2.45, 2.75) is 19.3 Å². The maximum Gasteiger partial charge on any atom is 0.311 e. The molecule has 2 aromatic rings. The molecule has 3 nitrogen and oxygen atoms in total. The largest absolute Gasteiger partial charge is 0.494 e. The second kappa shape index (κ2) is 7.27. The van der Waals surface area contributed by atoms with Crippen LogP contribution in [0.25, 0.3) is 0 Å². The quantitative estimate of drug-likeness (QED) is 0.841. The summed E-state index contributed by atoms with van der Waals surface area (Å²) in [6, 6.07) is 15.1. The van der Waals surface area contributed by atoms with Crippen molar-refractivity contribution >= 4 is 21.9 Å². The number of halogens is 1. The van der Waals surface area contributed by atoms with Gasteiger partial charge < -0.3 is 9.84 Å². The van der Waals surface area contributed by atoms with Gasteiger partial charge in [-0.15, -0.1) is 0 Å². The van der Waals surface area contributed by atoms with Gasteiger partial charge in [0, 0.05) is 4.47 Å². The fourth-order valence-electron chi connectivity index (χ4n) is 2.24. The van der Waals surface area contributed by atoms with Gasteiger partial charge in [0.25, 0.3) is 0 Å². The van der Waals surface area contributed by atoms with Crippen molar-refractivity contribution < 1.29 is 14.6 Å². The second-order valence-electron chi connectivity index (χ2n) is 4.84. The summed E-state index contributed by atoms with van der Waals surface area (Å²) in [6.45, 7) is 2.29. The van der Waals surface area contributed by atoms with Crippen molar-refractivity contribution in [1.82, 2.24) is 0 Å². The summed E-state index contributed by atoms with van der Waals surface area (Å²) in [5, 5.41) is 9.43. The van der Waals surface area contributed by atoms with E-state index in [4.69, 9.17) is 4.74 Å². The molecule has 21 heavy (non-hydrogen) atoms. The Morgan fingerprint density at radius 2 is 2.00 bits per heavy atom. The highest BCUT2D eigenvalue weighted by molar-refractivity contribution is 9.10. The number of rotatable bonds is 6. The highest BCUT2D eigenvalue weighted by Crippen LogP contribution is 2.24. The lowest BCUT2D eigenvalue weighted by Gasteiger charge is -2.15. The van der Waals surface area contributed by atoms with Gasteiger partial charge in [-0.05, 0) is 42.7 Å². The van der Waals surface area contributed by atoms with Crippen LogP contribution in [0.1, 0.15) is 23.5 Å². The molecule has 2 aromatic carbocycles. The van der Waals surface area contributed by atoms with Crippen molar-refractivity contribution in [2.24, 2.45) is 0 Å². The molecule has 1 atom stereocenters. The predicted octanol–water partition coefficient (Wildman–Crippen LogP) is 4.39. The molecule has 0 saturated carbocycles. The molecule has 110 valence electrons. The SMILES string of the molecule is Cc1ccccc1C(CCOc1cccc(Br)c1)C(=O)O. The van der Waals surface area contributed by atoms with Gasteiger partial charge in [0.1, 0.15) is 5.75 Å². The number of aryl methyl sites for hydroxylation is 1. The highest BCUT2D eigenvalue weighted by atomic mass is 79.9. The van der Waals surface area contributed by atoms with Gasteiger partial charge in [0.15, 0.2) is 0 Å². The first-order valence-corrected chi connectivity index (χ1v) is 7.54. The van der Waals surface area contributed by atoms with E-state index in [1.165, 1.54) is 0 Å². The van der Waals surface area contributed by atoms with E-state index in [-0.39, 0.29) is 0 Å². The molecule has 0 aliphatic rings. The molecule has 0 amide bonds. The van der Waals surface area contributed by atoms with E-state index in [9.17, 15) is 9.90 Å². The summed E-state index contributed by atoms with van der Waals surface area (Å²) in [6.07, 6.45) is 0.437. The molecule has 2 rings (SSSR count). The number of carboxylic acid groups (broad SMARTS) is 1. The monoisotopic (exact) mass is 348 g/mol. The molecule has 1 N–H and O–H groups in total. The molecule has 0 aliphatic heterocycles. The normalized spacial score (nSPS) is 11.9. The van der Waals surface area contributed by atoms with Gasteiger partial charge in [-0.2, -0.15) is 0 Å². The molecule has 0 aromatic heterocycles. The minimum absolute atomic E-state index is 0.363. The van der Waals surface area contributed by atoms with E-state index in [0.29, 0.717) is 13.0 Å². The third-order valence-corrected chi connectivity index (χ3v) is 3.83. The zero-order valence-corrected chi connectivity index (χ0v) is 13.3. The van der Waals surface area contributed by atoms with Crippen LogP contribution in [0.3, 0.4) is 0 Å². The van der Waals surface area contributed by atoms with Crippen molar-refractivity contribution in [1.29, 1.82) is 0 Å². The summed E-state index contributed by atoms with van der Waals surface area (Å²) in [7, 11) is 0. The predicted molar refractivity (Wildman–Crippen MR) is 85.8 cm³/mol. The van der Waals surface area contributed by atoms with Crippen LogP contribution in [0.4, 0.5) is 0 Å². The number of aliphatic carboxylic acids is 1. The Balaban J connectivity index is 2.02. The van der Waals surface area contributed by atoms with E-state index < -0.39 is 11.9 Å². The first-order chi connectivity index (χ1) is 10.1. The second-order valence-corrected chi connectivity index (χ2v) is 5.76. The lowest BCUT2D eigenvalue weighted by Crippen LogP contribution is -2.16. The number of hydrogen-bond donors (Lipinski definition) is 1. The number of hydrogen-bond acceptors (Lipinski definition) is 2. The van der Waals surface area contributed by atoms with Crippen LogP contribution in [0.5, 0.6) is 5.75 Å². The third kappa shape index (κ3) is 4.33. The maximum absolute atomic E-state index is 11.5. The fraction of sp³-hybridized carbons (Fsp3) is 0.235. The zero-order chi connectivity index (χ0) is 15.2. The first-order valence-electron chi connectivity index (χ1n) is 6.74. The van der Waals surface area contributed by atoms with Gasteiger partial charge in [0.2, 0.25) is 0 Å². The Morgan fingerprint density at radius 1 is 1.24 bits per heavy atom. The number of carbonyl (C=O) groups is 1. The molecular formula is C17H17BrO3. The fourth-order valence-corrected chi connectivity index (χ4v) is 2.62. The minimum atomic E-state index is -0.817. The molecule has 0 spiro atoms. The Morgan fingerprint density at radius 3 is 2.67 bits per heavy atom. The summed E-state index contributed by atoms with van der Waals surface area (Å²) in [4.78, 5) is 11.5. The molecule has 0 aliphatic carbocycles. The van der Waals surface area contributed by atoms with Crippen molar-refractivity contribution in [3.05, 3.63) is 64.1 Å². The van der Waals surface area contributed by atoms with Crippen LogP contribution in [0.2, 0.25) is 0 Å². The highest BCUT2D eigenvalue weighted by Gasteiger charge is 2.21. The lowest BCUT2D eigenvalue weighted by atomic mass is 9.92. The Bertz CT molecular complexity index is 625. The van der Waals surface area contributed by atoms with Crippen LogP contribution in [0.15, 0.2) is 53.0 Å². The smallest absolute Gasteiger partial charge is 0.311 e. The van der Waals surface area contributed by atoms with Crippen LogP contribution in [-0.4, -0.2) is 17.7 Å². The average molecular weight is 349 g/mol. The van der Waals surface area contributed by atoms with Gasteiger partial charge >= 0.3 is 5.97 Å². The molecule has 0 saturated heterocycles. The van der Waals surface area contributed by atoms with E-state index in [1.807, 2.05) is 55.5 Å². The number of benzene rings is 2. The van der Waals surface area contributed by atoms with Crippen LogP contribution in [-0.2, 0) is 4.79 Å². The Hall–Kier alpha value is -1.81. The minimum Gasteiger partial charge on any atom is -0.494 e. The number of carboxylic acids is 1. The summed E-state index contributed by atoms with van der Waals surface area (Å²) in [5.41, 5.74) is 1.84. The van der Waals surface area contributed by atoms with Crippen molar-refractivity contribution in [2.75, 3.05) is 6.61 Å².